The first kappa shape index (κ1) is 16.7. The number of carbonyl (C=O) groups excluding carboxylic acids is 1. The molecule has 1 spiro atoms. The lowest BCUT2D eigenvalue weighted by Gasteiger charge is -2.54. The Morgan fingerprint density at radius 2 is 2.04 bits per heavy atom. The molecule has 2 aromatic rings. The number of aromatic nitrogens is 2. The lowest BCUT2D eigenvalue weighted by atomic mass is 9.54. The molecule has 0 amide bonds. The molecular weight excluding hydrogens is 340 g/mol. The number of methoxy groups -OCH3 is 1. The number of hydrogen-bond acceptors (Lipinski definition) is 5. The fourth-order valence-electron chi connectivity index (χ4n) is 4.40. The average Bonchev–Trinajstić information content (AvgIpc) is 2.84. The Morgan fingerprint density at radius 1 is 1.32 bits per heavy atom. The van der Waals surface area contributed by atoms with E-state index in [0.717, 1.165) is 19.1 Å². The molecule has 0 radical (unpaired) electrons. The Labute approximate surface area is 149 Å². The summed E-state index contributed by atoms with van der Waals surface area (Å²) in [5.74, 6) is 0. The van der Waals surface area contributed by atoms with Gasteiger partial charge in [-0.05, 0) is 43.6 Å². The standard InChI is InChI=1S/C18H22N2O4S/c1-11-13(10-21)25-16-14(11)15(22)20(17(23)19(16)6-7-24-2)12-8-18(9-12)4-3-5-18/h10,12H,3-9H2,1-2H3. The van der Waals surface area contributed by atoms with Gasteiger partial charge in [0.05, 0.1) is 23.4 Å². The lowest BCUT2D eigenvalue weighted by molar-refractivity contribution is -0.0205. The molecule has 7 heteroatoms. The fourth-order valence-corrected chi connectivity index (χ4v) is 5.54. The molecule has 0 unspecified atom stereocenters. The van der Waals surface area contributed by atoms with E-state index in [0.29, 0.717) is 39.2 Å². The van der Waals surface area contributed by atoms with Gasteiger partial charge in [-0.2, -0.15) is 0 Å². The molecule has 0 N–H and O–H groups in total. The van der Waals surface area contributed by atoms with Gasteiger partial charge in [0.1, 0.15) is 4.83 Å². The maximum atomic E-state index is 13.1. The third-order valence-electron chi connectivity index (χ3n) is 6.02. The average molecular weight is 362 g/mol. The van der Waals surface area contributed by atoms with Crippen LogP contribution in [0.1, 0.15) is 53.4 Å². The predicted octanol–water partition coefficient (Wildman–Crippen LogP) is 2.50. The van der Waals surface area contributed by atoms with Crippen molar-refractivity contribution in [2.75, 3.05) is 13.7 Å². The minimum atomic E-state index is -0.271. The summed E-state index contributed by atoms with van der Waals surface area (Å²) in [6.07, 6.45) is 6.28. The van der Waals surface area contributed by atoms with Crippen LogP contribution in [0.25, 0.3) is 10.2 Å². The molecule has 0 bridgehead atoms. The third-order valence-corrected chi connectivity index (χ3v) is 7.26. The predicted molar refractivity (Wildman–Crippen MR) is 96.9 cm³/mol. The van der Waals surface area contributed by atoms with Crippen molar-refractivity contribution in [3.05, 3.63) is 31.3 Å². The van der Waals surface area contributed by atoms with Crippen LogP contribution >= 0.6 is 11.3 Å². The van der Waals surface area contributed by atoms with Gasteiger partial charge in [0.25, 0.3) is 5.56 Å². The number of fused-ring (bicyclic) bond motifs is 1. The van der Waals surface area contributed by atoms with Crippen LogP contribution in [-0.4, -0.2) is 29.1 Å². The molecule has 134 valence electrons. The number of rotatable bonds is 5. The minimum absolute atomic E-state index is 0.0162. The number of aldehydes is 1. The molecule has 2 saturated carbocycles. The topological polar surface area (TPSA) is 70.3 Å². The Kier molecular flexibility index (Phi) is 3.96. The summed E-state index contributed by atoms with van der Waals surface area (Å²) in [4.78, 5) is 38.6. The van der Waals surface area contributed by atoms with Gasteiger partial charge in [-0.1, -0.05) is 6.42 Å². The van der Waals surface area contributed by atoms with Crippen molar-refractivity contribution in [3.63, 3.8) is 0 Å². The van der Waals surface area contributed by atoms with Gasteiger partial charge in [-0.3, -0.25) is 18.7 Å². The maximum absolute atomic E-state index is 13.1. The summed E-state index contributed by atoms with van der Waals surface area (Å²) >= 11 is 1.22. The zero-order valence-corrected chi connectivity index (χ0v) is 15.4. The summed E-state index contributed by atoms with van der Waals surface area (Å²) in [7, 11) is 1.58. The van der Waals surface area contributed by atoms with Crippen molar-refractivity contribution in [2.24, 2.45) is 5.41 Å². The summed E-state index contributed by atoms with van der Waals surface area (Å²) in [6.45, 7) is 2.55. The molecule has 0 atom stereocenters. The molecule has 4 rings (SSSR count). The number of hydrogen-bond donors (Lipinski definition) is 0. The van der Waals surface area contributed by atoms with Crippen molar-refractivity contribution in [1.29, 1.82) is 0 Å². The largest absolute Gasteiger partial charge is 0.383 e. The van der Waals surface area contributed by atoms with Gasteiger partial charge in [0, 0.05) is 13.2 Å². The van der Waals surface area contributed by atoms with Crippen LogP contribution < -0.4 is 11.2 Å². The highest BCUT2D eigenvalue weighted by molar-refractivity contribution is 7.20. The van der Waals surface area contributed by atoms with E-state index in [9.17, 15) is 14.4 Å². The SMILES string of the molecule is COCCn1c(=O)n(C2CC3(CCC3)C2)c(=O)c2c(C)c(C=O)sc21. The molecule has 25 heavy (non-hydrogen) atoms. The molecule has 2 aliphatic rings. The van der Waals surface area contributed by atoms with E-state index in [1.54, 1.807) is 18.6 Å². The van der Waals surface area contributed by atoms with Gasteiger partial charge in [-0.15, -0.1) is 11.3 Å². The van der Waals surface area contributed by atoms with E-state index in [4.69, 9.17) is 4.74 Å². The molecule has 2 fully saturated rings. The van der Waals surface area contributed by atoms with Gasteiger partial charge in [0.15, 0.2) is 6.29 Å². The first-order valence-corrected chi connectivity index (χ1v) is 9.55. The second kappa shape index (κ2) is 5.92. The van der Waals surface area contributed by atoms with Crippen LogP contribution in [0.4, 0.5) is 0 Å². The number of ether oxygens (including phenoxy) is 1. The van der Waals surface area contributed by atoms with E-state index in [-0.39, 0.29) is 17.3 Å². The van der Waals surface area contributed by atoms with Crippen molar-refractivity contribution in [3.8, 4) is 0 Å². The normalized spacial score (nSPS) is 19.1. The van der Waals surface area contributed by atoms with Crippen LogP contribution in [0, 0.1) is 12.3 Å². The van der Waals surface area contributed by atoms with Crippen LogP contribution in [0.5, 0.6) is 0 Å². The molecule has 0 aromatic carbocycles. The zero-order valence-electron chi connectivity index (χ0n) is 14.5. The Morgan fingerprint density at radius 3 is 2.60 bits per heavy atom. The molecule has 2 aromatic heterocycles. The first-order chi connectivity index (χ1) is 12.0. The highest BCUT2D eigenvalue weighted by Crippen LogP contribution is 2.59. The Bertz CT molecular complexity index is 956. The Balaban J connectivity index is 1.90. The van der Waals surface area contributed by atoms with E-state index in [1.807, 2.05) is 0 Å². The van der Waals surface area contributed by atoms with Crippen molar-refractivity contribution < 1.29 is 9.53 Å². The van der Waals surface area contributed by atoms with E-state index < -0.39 is 0 Å². The molecule has 2 heterocycles. The van der Waals surface area contributed by atoms with Crippen LogP contribution in [0.15, 0.2) is 9.59 Å². The second-order valence-electron chi connectivity index (χ2n) is 7.41. The molecular formula is C18H22N2O4S. The van der Waals surface area contributed by atoms with Crippen molar-refractivity contribution >= 4 is 27.8 Å². The molecule has 6 nitrogen and oxygen atoms in total. The number of nitrogens with zero attached hydrogens (tertiary/aromatic N) is 2. The summed E-state index contributed by atoms with van der Waals surface area (Å²) in [6, 6.07) is -0.0162. The van der Waals surface area contributed by atoms with Crippen molar-refractivity contribution in [2.45, 2.75) is 51.6 Å². The maximum Gasteiger partial charge on any atom is 0.332 e. The van der Waals surface area contributed by atoms with E-state index in [1.165, 1.54) is 35.2 Å². The first-order valence-electron chi connectivity index (χ1n) is 8.74. The molecule has 0 aliphatic heterocycles. The highest BCUT2D eigenvalue weighted by Gasteiger charge is 2.49. The monoisotopic (exact) mass is 362 g/mol. The van der Waals surface area contributed by atoms with Gasteiger partial charge >= 0.3 is 5.69 Å². The van der Waals surface area contributed by atoms with Crippen LogP contribution in [0.3, 0.4) is 0 Å². The smallest absolute Gasteiger partial charge is 0.332 e. The quantitative estimate of drug-likeness (QED) is 0.766. The molecule has 2 aliphatic carbocycles. The number of thiophene rings is 1. The summed E-state index contributed by atoms with van der Waals surface area (Å²) < 4.78 is 8.18. The molecule has 0 saturated heterocycles. The van der Waals surface area contributed by atoms with Gasteiger partial charge in [-0.25, -0.2) is 4.79 Å². The van der Waals surface area contributed by atoms with Gasteiger partial charge in [0.2, 0.25) is 0 Å². The lowest BCUT2D eigenvalue weighted by Crippen LogP contribution is -2.51. The van der Waals surface area contributed by atoms with Crippen molar-refractivity contribution in [1.82, 2.24) is 9.13 Å². The number of carbonyl (C=O) groups is 1. The van der Waals surface area contributed by atoms with E-state index in [2.05, 4.69) is 0 Å². The highest BCUT2D eigenvalue weighted by atomic mass is 32.1. The van der Waals surface area contributed by atoms with Gasteiger partial charge < -0.3 is 4.74 Å². The second-order valence-corrected chi connectivity index (χ2v) is 8.44. The van der Waals surface area contributed by atoms with Crippen LogP contribution in [-0.2, 0) is 11.3 Å². The Hall–Kier alpha value is -1.73. The zero-order chi connectivity index (χ0) is 17.8. The number of aryl methyl sites for hydroxylation is 1. The van der Waals surface area contributed by atoms with Crippen LogP contribution in [0.2, 0.25) is 0 Å². The fraction of sp³-hybridized carbons (Fsp3) is 0.611. The third kappa shape index (κ3) is 2.36. The summed E-state index contributed by atoms with van der Waals surface area (Å²) in [5, 5.41) is 0.511. The minimum Gasteiger partial charge on any atom is -0.383 e. The van der Waals surface area contributed by atoms with E-state index >= 15 is 0 Å². The summed E-state index contributed by atoms with van der Waals surface area (Å²) in [5.41, 5.74) is 0.542.